The maximum Gasteiger partial charge on any atom is 0.233 e. The number of hydrogen-bond donors (Lipinski definition) is 0. The number of ether oxygens (including phenoxy) is 3. The number of hydrogen-bond acceptors (Lipinski definition) is 5. The number of halogens is 1. The monoisotopic (exact) mass is 244 g/mol. The lowest BCUT2D eigenvalue weighted by Gasteiger charge is -2.16. The van der Waals surface area contributed by atoms with E-state index in [1.807, 2.05) is 13.8 Å². The van der Waals surface area contributed by atoms with Crippen LogP contribution in [0.2, 0.25) is 5.15 Å². The maximum absolute atomic E-state index is 5.60. The van der Waals surface area contributed by atoms with Crippen molar-refractivity contribution in [2.24, 2.45) is 0 Å². The van der Waals surface area contributed by atoms with Gasteiger partial charge in [0.1, 0.15) is 12.7 Å². The Balaban J connectivity index is 1.82. The van der Waals surface area contributed by atoms with Gasteiger partial charge in [0.15, 0.2) is 10.9 Å². The van der Waals surface area contributed by atoms with Crippen LogP contribution in [0.3, 0.4) is 0 Å². The Hall–Kier alpha value is -0.910. The molecule has 0 amide bonds. The number of nitrogens with zero attached hydrogens (tertiary/aromatic N) is 2. The van der Waals surface area contributed by atoms with E-state index in [1.165, 1.54) is 0 Å². The van der Waals surface area contributed by atoms with E-state index in [-0.39, 0.29) is 6.10 Å². The molecule has 2 heterocycles. The van der Waals surface area contributed by atoms with E-state index in [0.717, 1.165) is 0 Å². The SMILES string of the molecule is CC1(C)OCC(COc2ccc(Cl)nn2)O1. The summed E-state index contributed by atoms with van der Waals surface area (Å²) in [5.74, 6) is -0.0996. The Kier molecular flexibility index (Phi) is 3.28. The molecule has 2 rings (SSSR count). The largest absolute Gasteiger partial charge is 0.474 e. The van der Waals surface area contributed by atoms with Crippen LogP contribution in [0.25, 0.3) is 0 Å². The molecule has 1 aliphatic rings. The lowest BCUT2D eigenvalue weighted by Crippen LogP contribution is -2.25. The van der Waals surface area contributed by atoms with E-state index in [2.05, 4.69) is 10.2 Å². The standard InChI is InChI=1S/C10H13ClN2O3/c1-10(2)15-6-7(16-10)5-14-9-4-3-8(11)12-13-9/h3-4,7H,5-6H2,1-2H3. The second-order valence-electron chi connectivity index (χ2n) is 3.96. The van der Waals surface area contributed by atoms with E-state index in [0.29, 0.717) is 24.2 Å². The quantitative estimate of drug-likeness (QED) is 0.810. The Bertz CT molecular complexity index is 356. The fourth-order valence-electron chi connectivity index (χ4n) is 1.40. The molecule has 1 aromatic rings. The van der Waals surface area contributed by atoms with Gasteiger partial charge in [0.25, 0.3) is 0 Å². The minimum Gasteiger partial charge on any atom is -0.474 e. The fraction of sp³-hybridized carbons (Fsp3) is 0.600. The molecule has 1 fully saturated rings. The van der Waals surface area contributed by atoms with Gasteiger partial charge in [-0.25, -0.2) is 0 Å². The molecule has 0 N–H and O–H groups in total. The maximum atomic E-state index is 5.60. The van der Waals surface area contributed by atoms with Gasteiger partial charge < -0.3 is 14.2 Å². The Morgan fingerprint density at radius 1 is 1.50 bits per heavy atom. The highest BCUT2D eigenvalue weighted by atomic mass is 35.5. The highest BCUT2D eigenvalue weighted by Gasteiger charge is 2.32. The molecule has 0 radical (unpaired) electrons. The second kappa shape index (κ2) is 4.53. The van der Waals surface area contributed by atoms with Crippen molar-refractivity contribution in [2.45, 2.75) is 25.7 Å². The summed E-state index contributed by atoms with van der Waals surface area (Å²) in [6.07, 6.45) is -0.0764. The van der Waals surface area contributed by atoms with Crippen LogP contribution >= 0.6 is 11.6 Å². The van der Waals surface area contributed by atoms with Gasteiger partial charge in [-0.2, -0.15) is 0 Å². The van der Waals surface area contributed by atoms with Crippen molar-refractivity contribution in [2.75, 3.05) is 13.2 Å². The highest BCUT2D eigenvalue weighted by molar-refractivity contribution is 6.29. The Morgan fingerprint density at radius 3 is 2.88 bits per heavy atom. The van der Waals surface area contributed by atoms with Crippen molar-refractivity contribution >= 4 is 11.6 Å². The zero-order valence-corrected chi connectivity index (χ0v) is 9.90. The van der Waals surface area contributed by atoms with E-state index >= 15 is 0 Å². The first kappa shape index (κ1) is 11.6. The minimum atomic E-state index is -0.528. The lowest BCUT2D eigenvalue weighted by atomic mass is 10.4. The second-order valence-corrected chi connectivity index (χ2v) is 4.34. The zero-order chi connectivity index (χ0) is 11.6. The summed E-state index contributed by atoms with van der Waals surface area (Å²) < 4.78 is 16.4. The van der Waals surface area contributed by atoms with Gasteiger partial charge in [-0.15, -0.1) is 10.2 Å². The fourth-order valence-corrected chi connectivity index (χ4v) is 1.51. The van der Waals surface area contributed by atoms with Crippen LogP contribution in [-0.4, -0.2) is 35.3 Å². The highest BCUT2D eigenvalue weighted by Crippen LogP contribution is 2.22. The molecule has 5 nitrogen and oxygen atoms in total. The first-order valence-corrected chi connectivity index (χ1v) is 5.37. The molecule has 1 saturated heterocycles. The molecule has 88 valence electrons. The summed E-state index contributed by atoms with van der Waals surface area (Å²) in [5.41, 5.74) is 0. The van der Waals surface area contributed by atoms with Crippen molar-refractivity contribution in [1.29, 1.82) is 0 Å². The third-order valence-corrected chi connectivity index (χ3v) is 2.29. The van der Waals surface area contributed by atoms with Gasteiger partial charge in [-0.3, -0.25) is 0 Å². The van der Waals surface area contributed by atoms with Gasteiger partial charge in [0.2, 0.25) is 5.88 Å². The van der Waals surface area contributed by atoms with Gasteiger partial charge in [-0.1, -0.05) is 11.6 Å². The Morgan fingerprint density at radius 2 is 2.31 bits per heavy atom. The van der Waals surface area contributed by atoms with E-state index in [1.54, 1.807) is 12.1 Å². The van der Waals surface area contributed by atoms with Crippen LogP contribution < -0.4 is 4.74 Å². The van der Waals surface area contributed by atoms with Crippen molar-refractivity contribution in [3.63, 3.8) is 0 Å². The average Bonchev–Trinajstić information content (AvgIpc) is 2.58. The molecule has 1 unspecified atom stereocenters. The van der Waals surface area contributed by atoms with Crippen LogP contribution in [-0.2, 0) is 9.47 Å². The molecule has 1 atom stereocenters. The third kappa shape index (κ3) is 3.04. The first-order valence-electron chi connectivity index (χ1n) is 4.99. The predicted octanol–water partition coefficient (Wildman–Crippen LogP) is 1.66. The topological polar surface area (TPSA) is 53.5 Å². The van der Waals surface area contributed by atoms with Crippen molar-refractivity contribution in [3.05, 3.63) is 17.3 Å². The molecule has 1 aromatic heterocycles. The third-order valence-electron chi connectivity index (χ3n) is 2.09. The van der Waals surface area contributed by atoms with Crippen LogP contribution in [0.5, 0.6) is 5.88 Å². The average molecular weight is 245 g/mol. The zero-order valence-electron chi connectivity index (χ0n) is 9.14. The van der Waals surface area contributed by atoms with Gasteiger partial charge in [0, 0.05) is 6.07 Å². The first-order chi connectivity index (χ1) is 7.55. The molecule has 0 aliphatic carbocycles. The van der Waals surface area contributed by atoms with Crippen molar-refractivity contribution < 1.29 is 14.2 Å². The normalized spacial score (nSPS) is 23.3. The van der Waals surface area contributed by atoms with Crippen molar-refractivity contribution in [3.8, 4) is 5.88 Å². The molecule has 1 aliphatic heterocycles. The van der Waals surface area contributed by atoms with Crippen LogP contribution in [0.4, 0.5) is 0 Å². The Labute approximate surface area is 98.7 Å². The molecule has 6 heteroatoms. The summed E-state index contributed by atoms with van der Waals surface area (Å²) in [6, 6.07) is 3.29. The van der Waals surface area contributed by atoms with E-state index in [4.69, 9.17) is 25.8 Å². The molecule has 0 spiro atoms. The minimum absolute atomic E-state index is 0.0764. The number of rotatable bonds is 3. The molecule has 0 bridgehead atoms. The molecule has 0 aromatic carbocycles. The number of aromatic nitrogens is 2. The smallest absolute Gasteiger partial charge is 0.233 e. The molecule has 16 heavy (non-hydrogen) atoms. The van der Waals surface area contributed by atoms with Crippen molar-refractivity contribution in [1.82, 2.24) is 10.2 Å². The van der Waals surface area contributed by atoms with Gasteiger partial charge in [0.05, 0.1) is 6.61 Å². The van der Waals surface area contributed by atoms with Crippen LogP contribution in [0, 0.1) is 0 Å². The molecular weight excluding hydrogens is 232 g/mol. The lowest BCUT2D eigenvalue weighted by molar-refractivity contribution is -0.141. The van der Waals surface area contributed by atoms with Gasteiger partial charge >= 0.3 is 0 Å². The summed E-state index contributed by atoms with van der Waals surface area (Å²) in [4.78, 5) is 0. The summed E-state index contributed by atoms with van der Waals surface area (Å²) in [5, 5.41) is 7.79. The summed E-state index contributed by atoms with van der Waals surface area (Å²) >= 11 is 5.60. The van der Waals surface area contributed by atoms with Crippen LogP contribution in [0.15, 0.2) is 12.1 Å². The predicted molar refractivity (Wildman–Crippen MR) is 57.4 cm³/mol. The molecule has 0 saturated carbocycles. The van der Waals surface area contributed by atoms with Crippen LogP contribution in [0.1, 0.15) is 13.8 Å². The molecular formula is C10H13ClN2O3. The summed E-state index contributed by atoms with van der Waals surface area (Å²) in [6.45, 7) is 4.65. The van der Waals surface area contributed by atoms with Gasteiger partial charge in [-0.05, 0) is 19.9 Å². The van der Waals surface area contributed by atoms with E-state index < -0.39 is 5.79 Å². The summed E-state index contributed by atoms with van der Waals surface area (Å²) in [7, 11) is 0. The van der Waals surface area contributed by atoms with E-state index in [9.17, 15) is 0 Å².